The number of fused-ring (bicyclic) bond motifs is 1. The molecule has 4 nitrogen and oxygen atoms in total. The number of rotatable bonds is 6. The van der Waals surface area contributed by atoms with Crippen molar-refractivity contribution in [2.45, 2.75) is 49.3 Å². The van der Waals surface area contributed by atoms with Crippen LogP contribution in [0.2, 0.25) is 0 Å². The second-order valence-corrected chi connectivity index (χ2v) is 10.9. The second-order valence-electron chi connectivity index (χ2n) is 9.18. The van der Waals surface area contributed by atoms with E-state index >= 15 is 0 Å². The van der Waals surface area contributed by atoms with Crippen LogP contribution in [0, 0.1) is 17.3 Å². The Morgan fingerprint density at radius 3 is 2.75 bits per heavy atom. The van der Waals surface area contributed by atoms with Crippen LogP contribution in [0.3, 0.4) is 0 Å². The van der Waals surface area contributed by atoms with Crippen LogP contribution >= 0.6 is 15.9 Å². The number of nitrogens with one attached hydrogen (secondary N) is 1. The standard InChI is InChI=1S/C23H27BrN2O2/c24-23-13-16-10-17(14-23)12-22(11-16,15-23)21(27)26-8-3-9-28-19-6-1-4-18-5-2-7-25-20(18)19/h1-2,4-7,16-17H,3,8-15H2,(H,26,27). The number of hydrogen-bond acceptors (Lipinski definition) is 3. The first-order chi connectivity index (χ1) is 13.6. The molecule has 28 heavy (non-hydrogen) atoms. The van der Waals surface area contributed by atoms with Crippen molar-refractivity contribution in [1.82, 2.24) is 10.3 Å². The SMILES string of the molecule is O=C(NCCCOc1cccc2cccnc12)C12CC3CC(CC(Br)(C3)C1)C2. The quantitative estimate of drug-likeness (QED) is 0.513. The third-order valence-electron chi connectivity index (χ3n) is 6.93. The van der Waals surface area contributed by atoms with Crippen LogP contribution in [0.15, 0.2) is 36.5 Å². The highest BCUT2D eigenvalue weighted by molar-refractivity contribution is 9.10. The van der Waals surface area contributed by atoms with Crippen LogP contribution in [0.25, 0.3) is 10.9 Å². The summed E-state index contributed by atoms with van der Waals surface area (Å²) in [5, 5.41) is 4.31. The number of nitrogens with zero attached hydrogens (tertiary/aromatic N) is 1. The first kappa shape index (κ1) is 18.4. The van der Waals surface area contributed by atoms with Crippen LogP contribution < -0.4 is 10.1 Å². The molecule has 1 amide bonds. The highest BCUT2D eigenvalue weighted by atomic mass is 79.9. The number of hydrogen-bond donors (Lipinski definition) is 1. The van der Waals surface area contributed by atoms with Crippen molar-refractivity contribution in [1.29, 1.82) is 0 Å². The molecule has 4 bridgehead atoms. The number of alkyl halides is 1. The smallest absolute Gasteiger partial charge is 0.226 e. The molecule has 6 rings (SSSR count). The Kier molecular flexibility index (Phi) is 4.61. The zero-order chi connectivity index (χ0) is 19.2. The van der Waals surface area contributed by atoms with Gasteiger partial charge in [0, 0.05) is 22.5 Å². The van der Waals surface area contributed by atoms with Gasteiger partial charge in [0.1, 0.15) is 11.3 Å². The number of aromatic nitrogens is 1. The summed E-state index contributed by atoms with van der Waals surface area (Å²) in [6.07, 6.45) is 9.61. The number of carbonyl (C=O) groups is 1. The van der Waals surface area contributed by atoms with E-state index in [0.29, 0.717) is 13.2 Å². The maximum absolute atomic E-state index is 13.1. The van der Waals surface area contributed by atoms with Crippen molar-refractivity contribution >= 4 is 32.7 Å². The zero-order valence-corrected chi connectivity index (χ0v) is 17.7. The van der Waals surface area contributed by atoms with E-state index in [1.807, 2.05) is 30.3 Å². The third kappa shape index (κ3) is 3.32. The second kappa shape index (κ2) is 7.01. The van der Waals surface area contributed by atoms with E-state index in [0.717, 1.165) is 54.2 Å². The molecule has 0 aliphatic heterocycles. The highest BCUT2D eigenvalue weighted by Gasteiger charge is 2.59. The predicted molar refractivity (Wildman–Crippen MR) is 114 cm³/mol. The molecule has 0 spiro atoms. The lowest BCUT2D eigenvalue weighted by Gasteiger charge is -2.59. The Hall–Kier alpha value is -1.62. The summed E-state index contributed by atoms with van der Waals surface area (Å²) in [6.45, 7) is 1.25. The highest BCUT2D eigenvalue weighted by Crippen LogP contribution is 2.64. The molecule has 2 atom stereocenters. The minimum absolute atomic E-state index is 0.131. The number of amides is 1. The van der Waals surface area contributed by atoms with E-state index in [9.17, 15) is 4.79 Å². The minimum atomic E-state index is -0.131. The van der Waals surface area contributed by atoms with Gasteiger partial charge in [-0.05, 0) is 68.9 Å². The maximum atomic E-state index is 13.1. The lowest BCUT2D eigenvalue weighted by molar-refractivity contribution is -0.144. The lowest BCUT2D eigenvalue weighted by Crippen LogP contribution is -2.58. The fourth-order valence-corrected chi connectivity index (χ4v) is 7.71. The van der Waals surface area contributed by atoms with E-state index in [-0.39, 0.29) is 15.6 Å². The summed E-state index contributed by atoms with van der Waals surface area (Å²) in [5.41, 5.74) is 0.763. The summed E-state index contributed by atoms with van der Waals surface area (Å²) in [4.78, 5) is 17.5. The molecule has 2 aromatic rings. The van der Waals surface area contributed by atoms with Crippen molar-refractivity contribution in [2.75, 3.05) is 13.2 Å². The maximum Gasteiger partial charge on any atom is 0.226 e. The molecule has 1 heterocycles. The molecule has 148 valence electrons. The average molecular weight is 443 g/mol. The van der Waals surface area contributed by atoms with Crippen molar-refractivity contribution in [2.24, 2.45) is 17.3 Å². The number of carbonyl (C=O) groups excluding carboxylic acids is 1. The Balaban J connectivity index is 1.14. The van der Waals surface area contributed by atoms with Gasteiger partial charge in [0.25, 0.3) is 0 Å². The van der Waals surface area contributed by atoms with Gasteiger partial charge in [-0.25, -0.2) is 0 Å². The van der Waals surface area contributed by atoms with Gasteiger partial charge in [0.2, 0.25) is 5.91 Å². The Morgan fingerprint density at radius 1 is 1.18 bits per heavy atom. The number of benzene rings is 1. The van der Waals surface area contributed by atoms with Crippen molar-refractivity contribution < 1.29 is 9.53 Å². The number of halogens is 1. The monoisotopic (exact) mass is 442 g/mol. The van der Waals surface area contributed by atoms with E-state index in [1.54, 1.807) is 6.20 Å². The molecular formula is C23H27BrN2O2. The molecule has 0 radical (unpaired) electrons. The Morgan fingerprint density at radius 2 is 1.96 bits per heavy atom. The van der Waals surface area contributed by atoms with Crippen LogP contribution in [0.1, 0.15) is 44.9 Å². The zero-order valence-electron chi connectivity index (χ0n) is 16.1. The topological polar surface area (TPSA) is 51.2 Å². The summed E-state index contributed by atoms with van der Waals surface area (Å²) in [6, 6.07) is 9.96. The van der Waals surface area contributed by atoms with Crippen LogP contribution in [-0.2, 0) is 4.79 Å². The third-order valence-corrected chi connectivity index (χ3v) is 7.86. The summed E-state index contributed by atoms with van der Waals surface area (Å²) in [5.74, 6) is 2.55. The Bertz CT molecular complexity index is 880. The largest absolute Gasteiger partial charge is 0.491 e. The first-order valence-corrected chi connectivity index (χ1v) is 11.3. The molecule has 2 unspecified atom stereocenters. The number of pyridine rings is 1. The molecular weight excluding hydrogens is 416 g/mol. The molecule has 4 aliphatic rings. The van der Waals surface area contributed by atoms with E-state index in [1.165, 1.54) is 19.3 Å². The van der Waals surface area contributed by atoms with Gasteiger partial charge in [-0.2, -0.15) is 0 Å². The molecule has 1 aromatic carbocycles. The van der Waals surface area contributed by atoms with Gasteiger partial charge in [0.15, 0.2) is 0 Å². The summed E-state index contributed by atoms with van der Waals surface area (Å²) < 4.78 is 6.17. The van der Waals surface area contributed by atoms with E-state index in [4.69, 9.17) is 4.74 Å². The van der Waals surface area contributed by atoms with Crippen LogP contribution in [-0.4, -0.2) is 28.4 Å². The molecule has 4 fully saturated rings. The first-order valence-electron chi connectivity index (χ1n) is 10.5. The van der Waals surface area contributed by atoms with Gasteiger partial charge in [-0.1, -0.05) is 34.1 Å². The normalized spacial score (nSPS) is 33.2. The van der Waals surface area contributed by atoms with Crippen LogP contribution in [0.4, 0.5) is 0 Å². The fraction of sp³-hybridized carbons (Fsp3) is 0.565. The minimum Gasteiger partial charge on any atom is -0.491 e. The van der Waals surface area contributed by atoms with Gasteiger partial charge < -0.3 is 10.1 Å². The van der Waals surface area contributed by atoms with Gasteiger partial charge in [0.05, 0.1) is 12.0 Å². The Labute approximate surface area is 174 Å². The molecule has 1 N–H and O–H groups in total. The van der Waals surface area contributed by atoms with E-state index < -0.39 is 0 Å². The summed E-state index contributed by atoms with van der Waals surface area (Å²) >= 11 is 3.99. The molecule has 4 aliphatic carbocycles. The van der Waals surface area contributed by atoms with Gasteiger partial charge >= 0.3 is 0 Å². The van der Waals surface area contributed by atoms with Gasteiger partial charge in [-0.3, -0.25) is 9.78 Å². The molecule has 4 saturated carbocycles. The van der Waals surface area contributed by atoms with E-state index in [2.05, 4.69) is 26.2 Å². The average Bonchev–Trinajstić information content (AvgIpc) is 2.66. The van der Waals surface area contributed by atoms with Crippen molar-refractivity contribution in [3.63, 3.8) is 0 Å². The van der Waals surface area contributed by atoms with Crippen molar-refractivity contribution in [3.8, 4) is 5.75 Å². The van der Waals surface area contributed by atoms with Gasteiger partial charge in [-0.15, -0.1) is 0 Å². The van der Waals surface area contributed by atoms with Crippen LogP contribution in [0.5, 0.6) is 5.75 Å². The van der Waals surface area contributed by atoms with Crippen molar-refractivity contribution in [3.05, 3.63) is 36.5 Å². The number of para-hydroxylation sites is 1. The predicted octanol–water partition coefficient (Wildman–Crippen LogP) is 4.85. The fourth-order valence-electron chi connectivity index (χ4n) is 6.25. The molecule has 1 aromatic heterocycles. The molecule has 5 heteroatoms. The molecule has 0 saturated heterocycles. The lowest BCUT2D eigenvalue weighted by atomic mass is 9.49. The summed E-state index contributed by atoms with van der Waals surface area (Å²) in [7, 11) is 0. The number of ether oxygens (including phenoxy) is 1.